The fourth-order valence-corrected chi connectivity index (χ4v) is 3.83. The molecule has 2 atom stereocenters. The normalized spacial score (nSPS) is 25.0. The van der Waals surface area contributed by atoms with Crippen LogP contribution < -0.4 is 10.6 Å². The lowest BCUT2D eigenvalue weighted by Gasteiger charge is -2.35. The van der Waals surface area contributed by atoms with Gasteiger partial charge in [-0.2, -0.15) is 0 Å². The SMILES string of the molecule is CCc1cnc(CNC(=O)NC[C@@H]2CN3CCC[C@@H]3CO2)s1. The predicted octanol–water partition coefficient (Wildman–Crippen LogP) is 1.37. The first-order valence-electron chi connectivity index (χ1n) is 8.05. The van der Waals surface area contributed by atoms with Gasteiger partial charge in [0.1, 0.15) is 5.01 Å². The summed E-state index contributed by atoms with van der Waals surface area (Å²) in [5, 5.41) is 6.69. The molecule has 7 heteroatoms. The van der Waals surface area contributed by atoms with Gasteiger partial charge in [0.2, 0.25) is 0 Å². The number of nitrogens with zero attached hydrogens (tertiary/aromatic N) is 2. The summed E-state index contributed by atoms with van der Waals surface area (Å²) in [5.41, 5.74) is 0. The van der Waals surface area contributed by atoms with Crippen molar-refractivity contribution in [2.75, 3.05) is 26.2 Å². The van der Waals surface area contributed by atoms with Crippen molar-refractivity contribution in [3.63, 3.8) is 0 Å². The molecule has 22 heavy (non-hydrogen) atoms. The van der Waals surface area contributed by atoms with Crippen molar-refractivity contribution >= 4 is 17.4 Å². The monoisotopic (exact) mass is 324 g/mol. The molecule has 1 aromatic rings. The lowest BCUT2D eigenvalue weighted by molar-refractivity contribution is -0.0457. The molecule has 2 aliphatic heterocycles. The van der Waals surface area contributed by atoms with Crippen molar-refractivity contribution in [3.8, 4) is 0 Å². The Bertz CT molecular complexity index is 507. The zero-order valence-electron chi connectivity index (χ0n) is 13.0. The molecule has 2 N–H and O–H groups in total. The van der Waals surface area contributed by atoms with Crippen LogP contribution in [-0.2, 0) is 17.7 Å². The Morgan fingerprint density at radius 3 is 3.27 bits per heavy atom. The summed E-state index contributed by atoms with van der Waals surface area (Å²) >= 11 is 1.65. The molecule has 0 aliphatic carbocycles. The Balaban J connectivity index is 1.35. The Hall–Kier alpha value is -1.18. The molecule has 0 unspecified atom stereocenters. The van der Waals surface area contributed by atoms with Crippen molar-refractivity contribution in [1.82, 2.24) is 20.5 Å². The molecule has 1 aromatic heterocycles. The molecule has 0 saturated carbocycles. The molecule has 3 heterocycles. The number of aromatic nitrogens is 1. The smallest absolute Gasteiger partial charge is 0.315 e. The van der Waals surface area contributed by atoms with Crippen LogP contribution in [0.3, 0.4) is 0 Å². The van der Waals surface area contributed by atoms with E-state index in [-0.39, 0.29) is 12.1 Å². The number of rotatable bonds is 5. The summed E-state index contributed by atoms with van der Waals surface area (Å²) in [6.45, 7) is 6.04. The Labute approximate surface area is 135 Å². The largest absolute Gasteiger partial charge is 0.373 e. The highest BCUT2D eigenvalue weighted by atomic mass is 32.1. The third-order valence-corrected chi connectivity index (χ3v) is 5.44. The van der Waals surface area contributed by atoms with Crippen LogP contribution in [0.25, 0.3) is 0 Å². The van der Waals surface area contributed by atoms with E-state index in [0.717, 1.165) is 24.6 Å². The summed E-state index contributed by atoms with van der Waals surface area (Å²) < 4.78 is 5.83. The second kappa shape index (κ2) is 7.39. The average Bonchev–Trinajstić information content (AvgIpc) is 3.19. The van der Waals surface area contributed by atoms with Gasteiger partial charge in [0, 0.05) is 30.2 Å². The van der Waals surface area contributed by atoms with E-state index in [1.54, 1.807) is 11.3 Å². The van der Waals surface area contributed by atoms with E-state index in [9.17, 15) is 4.79 Å². The summed E-state index contributed by atoms with van der Waals surface area (Å²) in [6, 6.07) is 0.447. The maximum Gasteiger partial charge on any atom is 0.315 e. The van der Waals surface area contributed by atoms with E-state index in [0.29, 0.717) is 19.1 Å². The third-order valence-electron chi connectivity index (χ3n) is 4.30. The summed E-state index contributed by atoms with van der Waals surface area (Å²) in [7, 11) is 0. The van der Waals surface area contributed by atoms with Gasteiger partial charge in [-0.1, -0.05) is 6.92 Å². The molecule has 2 saturated heterocycles. The number of hydrogen-bond donors (Lipinski definition) is 2. The van der Waals surface area contributed by atoms with Crippen molar-refractivity contribution in [3.05, 3.63) is 16.1 Å². The number of aryl methyl sites for hydroxylation is 1. The van der Waals surface area contributed by atoms with Crippen molar-refractivity contribution in [2.24, 2.45) is 0 Å². The topological polar surface area (TPSA) is 66.5 Å². The molecule has 0 radical (unpaired) electrons. The van der Waals surface area contributed by atoms with Gasteiger partial charge < -0.3 is 15.4 Å². The van der Waals surface area contributed by atoms with Gasteiger partial charge >= 0.3 is 6.03 Å². The highest BCUT2D eigenvalue weighted by molar-refractivity contribution is 7.11. The zero-order chi connectivity index (χ0) is 15.4. The van der Waals surface area contributed by atoms with Crippen LogP contribution in [-0.4, -0.2) is 54.3 Å². The minimum Gasteiger partial charge on any atom is -0.373 e. The fraction of sp³-hybridized carbons (Fsp3) is 0.733. The molecule has 0 aromatic carbocycles. The van der Waals surface area contributed by atoms with Gasteiger partial charge in [-0.15, -0.1) is 11.3 Å². The number of thiazole rings is 1. The number of nitrogens with one attached hydrogen (secondary N) is 2. The number of hydrogen-bond acceptors (Lipinski definition) is 5. The third kappa shape index (κ3) is 3.97. The maximum atomic E-state index is 11.8. The molecule has 0 spiro atoms. The van der Waals surface area contributed by atoms with Crippen molar-refractivity contribution in [2.45, 2.75) is 44.9 Å². The molecule has 0 bridgehead atoms. The van der Waals surface area contributed by atoms with Gasteiger partial charge in [-0.3, -0.25) is 4.90 Å². The first-order valence-corrected chi connectivity index (χ1v) is 8.87. The lowest BCUT2D eigenvalue weighted by atomic mass is 10.2. The lowest BCUT2D eigenvalue weighted by Crippen LogP contribution is -2.51. The Morgan fingerprint density at radius 2 is 2.45 bits per heavy atom. The van der Waals surface area contributed by atoms with Crippen LogP contribution in [0.15, 0.2) is 6.20 Å². The Morgan fingerprint density at radius 1 is 1.55 bits per heavy atom. The van der Waals surface area contributed by atoms with E-state index in [4.69, 9.17) is 4.74 Å². The standard InChI is InChI=1S/C15H24N4O2S/c1-2-13-7-16-14(22-13)8-18-15(20)17-6-12-9-19-5-3-4-11(19)10-21-12/h7,11-12H,2-6,8-10H2,1H3,(H2,17,18,20)/t11-,12-/m1/s1. The number of fused-ring (bicyclic) bond motifs is 1. The first-order chi connectivity index (χ1) is 10.7. The predicted molar refractivity (Wildman–Crippen MR) is 86.1 cm³/mol. The van der Waals surface area contributed by atoms with Crippen molar-refractivity contribution in [1.29, 1.82) is 0 Å². The number of carbonyl (C=O) groups excluding carboxylic acids is 1. The molecule has 2 amide bonds. The van der Waals surface area contributed by atoms with E-state index in [1.165, 1.54) is 24.3 Å². The summed E-state index contributed by atoms with van der Waals surface area (Å²) in [4.78, 5) is 19.9. The maximum absolute atomic E-state index is 11.8. The molecule has 122 valence electrons. The molecule has 3 rings (SSSR count). The van der Waals surface area contributed by atoms with Crippen LogP contribution in [0.4, 0.5) is 4.79 Å². The van der Waals surface area contributed by atoms with Crippen molar-refractivity contribution < 1.29 is 9.53 Å². The van der Waals surface area contributed by atoms with E-state index >= 15 is 0 Å². The number of amides is 2. The zero-order valence-corrected chi connectivity index (χ0v) is 13.8. The van der Waals surface area contributed by atoms with Gasteiger partial charge in [0.15, 0.2) is 0 Å². The summed E-state index contributed by atoms with van der Waals surface area (Å²) in [5.74, 6) is 0. The molecular formula is C15H24N4O2S. The van der Waals surface area contributed by atoms with E-state index < -0.39 is 0 Å². The molecular weight excluding hydrogens is 300 g/mol. The first kappa shape index (κ1) is 15.7. The highest BCUT2D eigenvalue weighted by Crippen LogP contribution is 2.22. The van der Waals surface area contributed by atoms with Gasteiger partial charge in [0.25, 0.3) is 0 Å². The van der Waals surface area contributed by atoms with Crippen LogP contribution in [0, 0.1) is 0 Å². The van der Waals surface area contributed by atoms with Gasteiger partial charge in [-0.25, -0.2) is 9.78 Å². The van der Waals surface area contributed by atoms with E-state index in [1.807, 2.05) is 6.20 Å². The minimum atomic E-state index is -0.152. The van der Waals surface area contributed by atoms with E-state index in [2.05, 4.69) is 27.4 Å². The summed E-state index contributed by atoms with van der Waals surface area (Å²) in [6.07, 6.45) is 5.48. The molecule has 6 nitrogen and oxygen atoms in total. The molecule has 2 aliphatic rings. The minimum absolute atomic E-state index is 0.103. The number of morpholine rings is 1. The van der Waals surface area contributed by atoms with Crippen LogP contribution in [0.1, 0.15) is 29.7 Å². The second-order valence-electron chi connectivity index (χ2n) is 5.88. The van der Waals surface area contributed by atoms with Crippen LogP contribution in [0.2, 0.25) is 0 Å². The van der Waals surface area contributed by atoms with Gasteiger partial charge in [-0.05, 0) is 25.8 Å². The highest BCUT2D eigenvalue weighted by Gasteiger charge is 2.32. The second-order valence-corrected chi connectivity index (χ2v) is 7.08. The average molecular weight is 324 g/mol. The van der Waals surface area contributed by atoms with Crippen LogP contribution in [0.5, 0.6) is 0 Å². The number of ether oxygens (including phenoxy) is 1. The quantitative estimate of drug-likeness (QED) is 0.858. The Kier molecular flexibility index (Phi) is 5.28. The number of carbonyl (C=O) groups is 1. The van der Waals surface area contributed by atoms with Crippen LogP contribution >= 0.6 is 11.3 Å². The molecule has 2 fully saturated rings. The fourth-order valence-electron chi connectivity index (χ4n) is 3.03. The number of urea groups is 1. The van der Waals surface area contributed by atoms with Gasteiger partial charge in [0.05, 0.1) is 19.3 Å².